The Kier molecular flexibility index (Phi) is 3.70. The Morgan fingerprint density at radius 2 is 2.08 bits per heavy atom. The van der Waals surface area contributed by atoms with Gasteiger partial charge in [-0.15, -0.1) is 0 Å². The summed E-state index contributed by atoms with van der Waals surface area (Å²) in [6, 6.07) is 0. The smallest absolute Gasteiger partial charge is 0.198 e. The lowest BCUT2D eigenvalue weighted by atomic mass is 9.47. The summed E-state index contributed by atoms with van der Waals surface area (Å²) < 4.78 is 0. The zero-order valence-electron chi connectivity index (χ0n) is 14.9. The van der Waals surface area contributed by atoms with E-state index in [1.54, 1.807) is 6.08 Å². The minimum Gasteiger partial charge on any atom is -0.393 e. The number of ketones is 2. The van der Waals surface area contributed by atoms with Gasteiger partial charge in [0.05, 0.1) is 6.10 Å². The number of hydrogen-bond acceptors (Lipinski definition) is 4. The molecule has 2 saturated carbocycles. The highest BCUT2D eigenvalue weighted by Gasteiger charge is 2.62. The highest BCUT2D eigenvalue weighted by Crippen LogP contribution is 2.65. The van der Waals surface area contributed by atoms with Crippen LogP contribution in [0.3, 0.4) is 0 Å². The zero-order valence-corrected chi connectivity index (χ0v) is 14.9. The van der Waals surface area contributed by atoms with E-state index in [1.165, 1.54) is 0 Å². The van der Waals surface area contributed by atoms with Crippen molar-refractivity contribution in [2.75, 3.05) is 0 Å². The van der Waals surface area contributed by atoms with Crippen LogP contribution in [0.2, 0.25) is 0 Å². The Morgan fingerprint density at radius 1 is 1.32 bits per heavy atom. The predicted molar refractivity (Wildman–Crippen MR) is 92.6 cm³/mol. The van der Waals surface area contributed by atoms with E-state index in [-0.39, 0.29) is 34.2 Å². The van der Waals surface area contributed by atoms with E-state index in [4.69, 9.17) is 0 Å². The minimum absolute atomic E-state index is 0.0833. The molecule has 4 aliphatic rings. The lowest BCUT2D eigenvalue weighted by molar-refractivity contribution is -0.142. The van der Waals surface area contributed by atoms with Gasteiger partial charge in [0, 0.05) is 23.7 Å². The lowest BCUT2D eigenvalue weighted by Crippen LogP contribution is -2.56. The summed E-state index contributed by atoms with van der Waals surface area (Å²) in [4.78, 5) is 35.1. The molecule has 4 aliphatic carbocycles. The summed E-state index contributed by atoms with van der Waals surface area (Å²) >= 11 is 0. The molecule has 4 nitrogen and oxygen atoms in total. The molecule has 0 amide bonds. The Balaban J connectivity index is 1.74. The fraction of sp³-hybridized carbons (Fsp3) is 0.667. The van der Waals surface area contributed by atoms with Gasteiger partial charge in [-0.25, -0.2) is 0 Å². The van der Waals surface area contributed by atoms with Crippen LogP contribution in [0.5, 0.6) is 0 Å². The van der Waals surface area contributed by atoms with Crippen molar-refractivity contribution >= 4 is 17.9 Å². The molecule has 0 radical (unpaired) electrons. The standard InChI is InChI=1S/C21H26O4/c1-20-8-7-13(23)9-12(20)3-4-14-15-5-6-16(18(25)11-22)21(15,2)10-17(24)19(14)20/h3,7-8,11,14-17,19,24H,4-6,9-10H2,1-2H3/t14-,15-,16?,17-,19+,20-,21-/m0/s1. The largest absolute Gasteiger partial charge is 0.393 e. The number of Topliss-reactive ketones (excluding diaryl/α,β-unsaturated/α-hetero) is 1. The molecule has 1 N–H and O–H groups in total. The monoisotopic (exact) mass is 342 g/mol. The third kappa shape index (κ3) is 2.19. The van der Waals surface area contributed by atoms with Gasteiger partial charge in [-0.05, 0) is 49.0 Å². The van der Waals surface area contributed by atoms with Gasteiger partial charge < -0.3 is 5.11 Å². The lowest BCUT2D eigenvalue weighted by Gasteiger charge is -2.57. The van der Waals surface area contributed by atoms with Crippen LogP contribution in [0.15, 0.2) is 23.8 Å². The number of rotatable bonds is 2. The van der Waals surface area contributed by atoms with Crippen LogP contribution in [0.4, 0.5) is 0 Å². The number of aldehydes is 1. The average molecular weight is 342 g/mol. The number of fused-ring (bicyclic) bond motifs is 5. The second-order valence-corrected chi connectivity index (χ2v) is 8.95. The van der Waals surface area contributed by atoms with Crippen molar-refractivity contribution < 1.29 is 19.5 Å². The normalized spacial score (nSPS) is 48.2. The molecule has 0 saturated heterocycles. The fourth-order valence-corrected chi connectivity index (χ4v) is 6.78. The molecule has 0 aliphatic heterocycles. The Morgan fingerprint density at radius 3 is 2.80 bits per heavy atom. The number of hydrogen-bond donors (Lipinski definition) is 1. The van der Waals surface area contributed by atoms with Crippen LogP contribution < -0.4 is 0 Å². The van der Waals surface area contributed by atoms with Crippen molar-refractivity contribution in [3.63, 3.8) is 0 Å². The van der Waals surface area contributed by atoms with E-state index in [2.05, 4.69) is 19.9 Å². The molecule has 25 heavy (non-hydrogen) atoms. The van der Waals surface area contributed by atoms with Crippen LogP contribution in [0, 0.1) is 34.5 Å². The Bertz CT molecular complexity index is 705. The second kappa shape index (κ2) is 5.47. The first kappa shape index (κ1) is 16.9. The number of carbonyl (C=O) groups is 3. The average Bonchev–Trinajstić information content (AvgIpc) is 2.91. The third-order valence-corrected chi connectivity index (χ3v) is 7.91. The van der Waals surface area contributed by atoms with E-state index in [0.717, 1.165) is 24.8 Å². The molecule has 134 valence electrons. The van der Waals surface area contributed by atoms with E-state index in [1.807, 2.05) is 6.08 Å². The summed E-state index contributed by atoms with van der Waals surface area (Å²) in [6.45, 7) is 4.24. The second-order valence-electron chi connectivity index (χ2n) is 8.95. The molecule has 2 fully saturated rings. The topological polar surface area (TPSA) is 71.4 Å². The molecule has 4 rings (SSSR count). The highest BCUT2D eigenvalue weighted by atomic mass is 16.3. The molecule has 0 aromatic rings. The van der Waals surface area contributed by atoms with Crippen LogP contribution in [-0.4, -0.2) is 29.1 Å². The van der Waals surface area contributed by atoms with Crippen LogP contribution in [-0.2, 0) is 14.4 Å². The fourth-order valence-electron chi connectivity index (χ4n) is 6.78. The number of aliphatic hydroxyl groups excluding tert-OH is 1. The van der Waals surface area contributed by atoms with Gasteiger partial charge in [0.1, 0.15) is 0 Å². The van der Waals surface area contributed by atoms with E-state index < -0.39 is 6.10 Å². The maximum Gasteiger partial charge on any atom is 0.198 e. The van der Waals surface area contributed by atoms with Gasteiger partial charge in [0.25, 0.3) is 0 Å². The zero-order chi connectivity index (χ0) is 18.0. The number of aliphatic hydroxyl groups is 1. The van der Waals surface area contributed by atoms with Gasteiger partial charge in [-0.3, -0.25) is 14.4 Å². The summed E-state index contributed by atoms with van der Waals surface area (Å²) in [6.07, 6.45) is 9.39. The Hall–Kier alpha value is -1.55. The van der Waals surface area contributed by atoms with Crippen molar-refractivity contribution in [3.8, 4) is 0 Å². The quantitative estimate of drug-likeness (QED) is 0.476. The third-order valence-electron chi connectivity index (χ3n) is 7.91. The maximum absolute atomic E-state index is 12.2. The van der Waals surface area contributed by atoms with Crippen LogP contribution in [0.25, 0.3) is 0 Å². The van der Waals surface area contributed by atoms with Gasteiger partial charge >= 0.3 is 0 Å². The molecular formula is C21H26O4. The summed E-state index contributed by atoms with van der Waals surface area (Å²) in [5, 5.41) is 11.1. The molecular weight excluding hydrogens is 316 g/mol. The van der Waals surface area contributed by atoms with E-state index in [0.29, 0.717) is 31.0 Å². The van der Waals surface area contributed by atoms with Crippen LogP contribution in [0.1, 0.15) is 46.0 Å². The Labute approximate surface area is 148 Å². The van der Waals surface area contributed by atoms with Crippen molar-refractivity contribution in [1.82, 2.24) is 0 Å². The first-order chi connectivity index (χ1) is 11.8. The first-order valence-corrected chi connectivity index (χ1v) is 9.40. The number of carbonyl (C=O) groups excluding carboxylic acids is 3. The summed E-state index contributed by atoms with van der Waals surface area (Å²) in [7, 11) is 0. The molecule has 0 aromatic carbocycles. The van der Waals surface area contributed by atoms with Crippen molar-refractivity contribution in [2.45, 2.75) is 52.1 Å². The van der Waals surface area contributed by atoms with Gasteiger partial charge in [-0.2, -0.15) is 0 Å². The molecule has 0 aromatic heterocycles. The van der Waals surface area contributed by atoms with E-state index in [9.17, 15) is 19.5 Å². The maximum atomic E-state index is 12.2. The van der Waals surface area contributed by atoms with Crippen molar-refractivity contribution in [1.29, 1.82) is 0 Å². The van der Waals surface area contributed by atoms with Gasteiger partial charge in [0.15, 0.2) is 17.9 Å². The molecule has 0 bridgehead atoms. The van der Waals surface area contributed by atoms with Crippen molar-refractivity contribution in [2.24, 2.45) is 34.5 Å². The molecule has 1 unspecified atom stereocenters. The summed E-state index contributed by atoms with van der Waals surface area (Å²) in [5.74, 6) is 0.291. The number of allylic oxidation sites excluding steroid dienone is 4. The van der Waals surface area contributed by atoms with Gasteiger partial charge in [0.2, 0.25) is 0 Å². The first-order valence-electron chi connectivity index (χ1n) is 9.40. The van der Waals surface area contributed by atoms with E-state index >= 15 is 0 Å². The molecule has 7 atom stereocenters. The summed E-state index contributed by atoms with van der Waals surface area (Å²) in [5.41, 5.74) is 0.571. The predicted octanol–water partition coefficient (Wildman–Crippen LogP) is 2.65. The molecule has 0 spiro atoms. The molecule has 0 heterocycles. The van der Waals surface area contributed by atoms with Crippen LogP contribution >= 0.6 is 0 Å². The molecule has 4 heteroatoms. The minimum atomic E-state index is -0.516. The highest BCUT2D eigenvalue weighted by molar-refractivity contribution is 6.26. The van der Waals surface area contributed by atoms with Gasteiger partial charge in [-0.1, -0.05) is 31.6 Å². The SMILES string of the molecule is C[C@]12C=CC(=O)CC1=CC[C@@H]1[C@@H]2[C@@H](O)C[C@]2(C)C(C(=O)C=O)CC[C@@H]12. The van der Waals surface area contributed by atoms with Crippen molar-refractivity contribution in [3.05, 3.63) is 23.8 Å².